The molecule has 10 N–H and O–H groups in total. The molecule has 0 fully saturated rings. The molecule has 37 heavy (non-hydrogen) atoms. The Morgan fingerprint density at radius 2 is 1.65 bits per heavy atom. The molecular formula is C24H31N5O7S. The van der Waals surface area contributed by atoms with Gasteiger partial charge in [-0.3, -0.25) is 19.3 Å². The van der Waals surface area contributed by atoms with Gasteiger partial charge in [-0.2, -0.15) is 0 Å². The number of likely N-dealkylation sites (N-methyl/N-ethyl adjacent to an activating group) is 1. The van der Waals surface area contributed by atoms with Crippen LogP contribution < -0.4 is 22.1 Å². The zero-order chi connectivity index (χ0) is 28.1. The van der Waals surface area contributed by atoms with Gasteiger partial charge in [-0.05, 0) is 62.8 Å². The number of anilines is 1. The van der Waals surface area contributed by atoms with Gasteiger partial charge in [-0.15, -0.1) is 0 Å². The number of Topliss-reactive ketones (excluding diaryl/α,β-unsaturated/α-hetero) is 2. The number of benzene rings is 1. The number of phenolic OH excluding ortho intramolecular Hbond substituents is 1. The summed E-state index contributed by atoms with van der Waals surface area (Å²) < 4.78 is 0. The number of ketones is 2. The van der Waals surface area contributed by atoms with Crippen LogP contribution in [0.15, 0.2) is 34.8 Å². The Morgan fingerprint density at radius 1 is 1.08 bits per heavy atom. The van der Waals surface area contributed by atoms with Gasteiger partial charge in [0, 0.05) is 31.3 Å². The molecule has 0 unspecified atom stereocenters. The first-order valence-corrected chi connectivity index (χ1v) is 11.7. The first kappa shape index (κ1) is 27.9. The van der Waals surface area contributed by atoms with E-state index in [1.54, 1.807) is 39.2 Å². The van der Waals surface area contributed by atoms with E-state index in [1.165, 1.54) is 11.0 Å². The number of primary amides is 1. The van der Waals surface area contributed by atoms with E-state index < -0.39 is 58.0 Å². The Hall–Kier alpha value is -3.68. The van der Waals surface area contributed by atoms with Gasteiger partial charge in [0.1, 0.15) is 22.8 Å². The molecule has 0 radical (unpaired) electrons. The van der Waals surface area contributed by atoms with Crippen molar-refractivity contribution in [3.05, 3.63) is 45.9 Å². The topological polar surface area (TPSA) is 217 Å². The maximum Gasteiger partial charge on any atom is 0.255 e. The Balaban J connectivity index is 0.000000886. The molecule has 0 bridgehead atoms. The molecule has 3 aliphatic carbocycles. The highest BCUT2D eigenvalue weighted by Gasteiger charge is 2.63. The molecule has 0 spiro atoms. The van der Waals surface area contributed by atoms with E-state index in [9.17, 15) is 34.8 Å². The highest BCUT2D eigenvalue weighted by Crippen LogP contribution is 2.52. The Bertz CT molecular complexity index is 1270. The quantitative estimate of drug-likeness (QED) is 0.191. The lowest BCUT2D eigenvalue weighted by Gasteiger charge is -2.50. The summed E-state index contributed by atoms with van der Waals surface area (Å²) >= 11 is 4.09. The summed E-state index contributed by atoms with van der Waals surface area (Å²) in [7, 11) is 6.79. The number of rotatable bonds is 3. The van der Waals surface area contributed by atoms with Crippen LogP contribution in [0.4, 0.5) is 5.69 Å². The van der Waals surface area contributed by atoms with Crippen LogP contribution in [-0.4, -0.2) is 87.7 Å². The SMILES string of the molecule is CN(C)c1ccc(O)c2c1C[C@H]1C[C@H]3[C@H](N(C)C)C(O)=C(C(N)=O)C(=O)[C@@]3(O)C(O)=C1C2=O.NC(N)=S. The maximum absolute atomic E-state index is 13.5. The molecule has 0 aromatic heterocycles. The van der Waals surface area contributed by atoms with Crippen LogP contribution in [0.1, 0.15) is 22.3 Å². The zero-order valence-corrected chi connectivity index (χ0v) is 21.7. The monoisotopic (exact) mass is 533 g/mol. The molecule has 12 nitrogen and oxygen atoms in total. The number of aliphatic hydroxyl groups is 3. The maximum atomic E-state index is 13.5. The van der Waals surface area contributed by atoms with Crippen molar-refractivity contribution in [1.29, 1.82) is 0 Å². The Morgan fingerprint density at radius 3 is 2.14 bits per heavy atom. The van der Waals surface area contributed by atoms with E-state index in [-0.39, 0.29) is 34.8 Å². The van der Waals surface area contributed by atoms with Crippen molar-refractivity contribution in [2.24, 2.45) is 29.0 Å². The molecule has 13 heteroatoms. The number of fused-ring (bicyclic) bond motifs is 3. The minimum atomic E-state index is -2.63. The molecule has 0 heterocycles. The second kappa shape index (κ2) is 9.65. The van der Waals surface area contributed by atoms with E-state index >= 15 is 0 Å². The van der Waals surface area contributed by atoms with Crippen molar-refractivity contribution in [3.8, 4) is 5.75 Å². The number of amides is 1. The molecule has 4 atom stereocenters. The Kier molecular flexibility index (Phi) is 7.28. The number of hydrogen-bond donors (Lipinski definition) is 7. The summed E-state index contributed by atoms with van der Waals surface area (Å²) in [5, 5.41) is 43.9. The average molecular weight is 534 g/mol. The number of carbonyl (C=O) groups excluding carboxylic acids is 3. The minimum Gasteiger partial charge on any atom is -0.510 e. The number of aliphatic hydroxyl groups excluding tert-OH is 2. The zero-order valence-electron chi connectivity index (χ0n) is 20.8. The van der Waals surface area contributed by atoms with Gasteiger partial charge in [0.05, 0.1) is 11.6 Å². The Labute approximate surface area is 218 Å². The van der Waals surface area contributed by atoms with E-state index in [4.69, 9.17) is 5.73 Å². The molecule has 0 saturated heterocycles. The highest BCUT2D eigenvalue weighted by atomic mass is 32.1. The van der Waals surface area contributed by atoms with Crippen molar-refractivity contribution in [2.45, 2.75) is 24.5 Å². The number of nitrogens with two attached hydrogens (primary N) is 3. The molecule has 1 amide bonds. The van der Waals surface area contributed by atoms with Crippen molar-refractivity contribution in [2.75, 3.05) is 33.1 Å². The van der Waals surface area contributed by atoms with Gasteiger partial charge in [-0.1, -0.05) is 0 Å². The van der Waals surface area contributed by atoms with Crippen LogP contribution in [0.3, 0.4) is 0 Å². The van der Waals surface area contributed by atoms with E-state index in [1.807, 2.05) is 0 Å². The number of aromatic hydroxyl groups is 1. The lowest BCUT2D eigenvalue weighted by molar-refractivity contribution is -0.148. The summed E-state index contributed by atoms with van der Waals surface area (Å²) in [6, 6.07) is 2.06. The molecule has 1 aromatic rings. The molecule has 200 valence electrons. The summed E-state index contributed by atoms with van der Waals surface area (Å²) in [4.78, 5) is 42.0. The van der Waals surface area contributed by atoms with Crippen molar-refractivity contribution >= 4 is 40.5 Å². The van der Waals surface area contributed by atoms with Crippen molar-refractivity contribution in [1.82, 2.24) is 4.90 Å². The third-order valence-corrected chi connectivity index (χ3v) is 7.06. The normalized spacial score (nSPS) is 26.6. The highest BCUT2D eigenvalue weighted by molar-refractivity contribution is 7.80. The van der Waals surface area contributed by atoms with Crippen LogP contribution in [-0.2, 0) is 16.0 Å². The lowest BCUT2D eigenvalue weighted by atomic mass is 9.58. The average Bonchev–Trinajstić information content (AvgIpc) is 2.75. The molecule has 3 aliphatic rings. The first-order valence-electron chi connectivity index (χ1n) is 11.3. The van der Waals surface area contributed by atoms with E-state index in [0.717, 1.165) is 5.69 Å². The molecule has 0 aliphatic heterocycles. The van der Waals surface area contributed by atoms with E-state index in [0.29, 0.717) is 5.56 Å². The van der Waals surface area contributed by atoms with Crippen molar-refractivity contribution in [3.63, 3.8) is 0 Å². The molecule has 1 aromatic carbocycles. The number of nitrogens with zero attached hydrogens (tertiary/aromatic N) is 2. The van der Waals surface area contributed by atoms with E-state index in [2.05, 4.69) is 23.7 Å². The molecule has 0 saturated carbocycles. The molecule has 4 rings (SSSR count). The number of allylic oxidation sites excluding steroid dienone is 1. The second-order valence-corrected chi connectivity index (χ2v) is 10.2. The summed E-state index contributed by atoms with van der Waals surface area (Å²) in [6.07, 6.45) is 0.324. The largest absolute Gasteiger partial charge is 0.510 e. The van der Waals surface area contributed by atoms with Crippen LogP contribution in [0.2, 0.25) is 0 Å². The van der Waals surface area contributed by atoms with Gasteiger partial charge >= 0.3 is 0 Å². The standard InChI is InChI=1S/C23H27N3O7.CH4N2S/c1-25(2)12-5-6-13(27)15-10(12)7-9-8-11-17(26(3)4)19(29)16(22(24)32)21(31)23(11,33)20(30)14(9)18(15)28;2-1(3)4/h5-6,9,11,17,27,29-30,33H,7-8H2,1-4H3,(H2,24,32);(H4,2,3,4)/t9-,11-,17-,23-;/m0./s1. The fourth-order valence-electron chi connectivity index (χ4n) is 5.65. The third-order valence-electron chi connectivity index (χ3n) is 7.06. The number of phenols is 1. The van der Waals surface area contributed by atoms with Crippen LogP contribution in [0.5, 0.6) is 5.75 Å². The summed E-state index contributed by atoms with van der Waals surface area (Å²) in [5.74, 6) is -6.53. The second-order valence-electron chi connectivity index (χ2n) is 9.72. The number of thiocarbonyl (C=S) groups is 1. The smallest absolute Gasteiger partial charge is 0.255 e. The van der Waals surface area contributed by atoms with Crippen LogP contribution in [0.25, 0.3) is 0 Å². The number of hydrogen-bond acceptors (Lipinski definition) is 10. The van der Waals surface area contributed by atoms with Gasteiger partial charge in [0.2, 0.25) is 5.78 Å². The minimum absolute atomic E-state index is 0.000000000000000222. The van der Waals surface area contributed by atoms with Gasteiger partial charge in [0.25, 0.3) is 5.91 Å². The van der Waals surface area contributed by atoms with Crippen molar-refractivity contribution < 1.29 is 34.8 Å². The van der Waals surface area contributed by atoms with Gasteiger partial charge < -0.3 is 42.5 Å². The summed E-state index contributed by atoms with van der Waals surface area (Å²) in [5.41, 5.74) is 12.3. The fraction of sp³-hybridized carbons (Fsp3) is 0.417. The predicted octanol–water partition coefficient (Wildman–Crippen LogP) is -0.625. The summed E-state index contributed by atoms with van der Waals surface area (Å²) in [6.45, 7) is 0. The predicted molar refractivity (Wildman–Crippen MR) is 139 cm³/mol. The van der Waals surface area contributed by atoms with Gasteiger partial charge in [0.15, 0.2) is 16.5 Å². The van der Waals surface area contributed by atoms with Crippen LogP contribution >= 0.6 is 12.2 Å². The number of carbonyl (C=O) groups is 3. The van der Waals surface area contributed by atoms with Gasteiger partial charge in [-0.25, -0.2) is 0 Å². The first-order chi connectivity index (χ1) is 17.1. The lowest BCUT2D eigenvalue weighted by Crippen LogP contribution is -2.63. The van der Waals surface area contributed by atoms with Crippen LogP contribution in [0, 0.1) is 11.8 Å². The fourth-order valence-corrected chi connectivity index (χ4v) is 5.65. The molecular weight excluding hydrogens is 502 g/mol. The third kappa shape index (κ3) is 4.28.